The van der Waals surface area contributed by atoms with Crippen LogP contribution in [0.15, 0.2) is 0 Å². The van der Waals surface area contributed by atoms with E-state index in [1.54, 1.807) is 83.1 Å². The Balaban J connectivity index is -0.000000517. The predicted molar refractivity (Wildman–Crippen MR) is 163 cm³/mol. The third kappa shape index (κ3) is 36.8. The molecular formula is C25H58ClO11P3. The van der Waals surface area contributed by atoms with Crippen molar-refractivity contribution >= 4 is 35.8 Å². The van der Waals surface area contributed by atoms with E-state index in [2.05, 4.69) is 0 Å². The smallest absolute Gasteiger partial charge is 0.328 e. The topological polar surface area (TPSA) is 139 Å². The van der Waals surface area contributed by atoms with Crippen molar-refractivity contribution in [2.24, 2.45) is 0 Å². The molecule has 40 heavy (non-hydrogen) atoms. The van der Waals surface area contributed by atoms with E-state index in [1.807, 2.05) is 41.5 Å². The number of phosphoric ester groups is 2. The summed E-state index contributed by atoms with van der Waals surface area (Å²) in [6.45, 7) is 32.1. The van der Waals surface area contributed by atoms with Gasteiger partial charge in [0.05, 0.1) is 33.6 Å². The number of hydrogen-bond acceptors (Lipinski definition) is 10. The SMILES string of the molecule is CC(C)(C)OP(=O)(O)OC(C)(C)C.CC(C)(C)OP(=O)(OCCl)OC(C)(C)C.CC(C)(C)OP(O)OC(C)(C)C. The molecule has 0 heterocycles. The third-order valence-corrected chi connectivity index (χ3v) is 7.67. The van der Waals surface area contributed by atoms with Gasteiger partial charge in [0.25, 0.3) is 0 Å². The molecule has 0 rings (SSSR count). The van der Waals surface area contributed by atoms with E-state index in [4.69, 9.17) is 43.3 Å². The summed E-state index contributed by atoms with van der Waals surface area (Å²) in [5.74, 6) is 0. The number of halogens is 1. The molecule has 0 amide bonds. The zero-order chi connectivity index (χ0) is 33.2. The first-order valence-electron chi connectivity index (χ1n) is 12.8. The Labute approximate surface area is 250 Å². The summed E-state index contributed by atoms with van der Waals surface area (Å²) in [6, 6.07) is -0.233. The maximum absolute atomic E-state index is 12.1. The third-order valence-electron chi connectivity index (χ3n) is 2.46. The second-order valence-electron chi connectivity index (χ2n) is 14.6. The Hall–Kier alpha value is 0.820. The van der Waals surface area contributed by atoms with Gasteiger partial charge >= 0.3 is 24.2 Å². The van der Waals surface area contributed by atoms with Crippen LogP contribution < -0.4 is 0 Å². The van der Waals surface area contributed by atoms with Crippen LogP contribution in [0.3, 0.4) is 0 Å². The van der Waals surface area contributed by atoms with E-state index >= 15 is 0 Å². The lowest BCUT2D eigenvalue weighted by atomic mass is 10.2. The standard InChI is InChI=1S/C9H20ClO4P.C8H19O4P.C8H19O3P/c1-8(2,3)13-15(11,12-7-10)14-9(4,5)6;1-7(2,3)11-13(9,10)12-8(4,5)6;1-7(2,3)10-12(9)11-8(4,5)6/h7H2,1-6H3;1-6H3,(H,9,10);9H,1-6H3. The summed E-state index contributed by atoms with van der Waals surface area (Å²) in [4.78, 5) is 18.6. The molecule has 0 bridgehead atoms. The molecule has 0 saturated carbocycles. The fourth-order valence-corrected chi connectivity index (χ4v) is 6.36. The van der Waals surface area contributed by atoms with Gasteiger partial charge in [0.15, 0.2) is 0 Å². The summed E-state index contributed by atoms with van der Waals surface area (Å²) in [5.41, 5.74) is -3.32. The Morgan fingerprint density at radius 1 is 0.550 bits per heavy atom. The van der Waals surface area contributed by atoms with Gasteiger partial charge in [-0.25, -0.2) is 9.13 Å². The highest BCUT2D eigenvalue weighted by atomic mass is 35.5. The highest BCUT2D eigenvalue weighted by Gasteiger charge is 2.37. The molecule has 0 radical (unpaired) electrons. The molecule has 0 aromatic carbocycles. The molecule has 11 nitrogen and oxygen atoms in total. The van der Waals surface area contributed by atoms with E-state index in [9.17, 15) is 18.9 Å². The van der Waals surface area contributed by atoms with Crippen molar-refractivity contribution in [2.45, 2.75) is 158 Å². The monoisotopic (exact) mass is 662 g/mol. The van der Waals surface area contributed by atoms with Gasteiger partial charge in [-0.2, -0.15) is 0 Å². The van der Waals surface area contributed by atoms with Crippen LogP contribution in [0.25, 0.3) is 0 Å². The van der Waals surface area contributed by atoms with Crippen LogP contribution in [0.1, 0.15) is 125 Å². The van der Waals surface area contributed by atoms with Crippen LogP contribution in [-0.2, 0) is 40.8 Å². The van der Waals surface area contributed by atoms with Crippen molar-refractivity contribution in [2.75, 3.05) is 6.07 Å². The maximum atomic E-state index is 12.1. The van der Waals surface area contributed by atoms with Gasteiger partial charge in [0, 0.05) is 0 Å². The van der Waals surface area contributed by atoms with E-state index in [0.29, 0.717) is 0 Å². The maximum Gasteiger partial charge on any atom is 0.476 e. The molecule has 0 fully saturated rings. The Morgan fingerprint density at radius 3 is 0.975 bits per heavy atom. The molecule has 246 valence electrons. The molecule has 2 N–H and O–H groups in total. The van der Waals surface area contributed by atoms with Crippen LogP contribution in [-0.4, -0.2) is 49.5 Å². The molecule has 0 saturated heterocycles. The van der Waals surface area contributed by atoms with E-state index < -0.39 is 46.7 Å². The van der Waals surface area contributed by atoms with Crippen LogP contribution in [0.2, 0.25) is 0 Å². The minimum atomic E-state index is -3.94. The molecule has 0 aromatic rings. The van der Waals surface area contributed by atoms with Crippen LogP contribution in [0, 0.1) is 0 Å². The van der Waals surface area contributed by atoms with Crippen molar-refractivity contribution < 1.29 is 50.6 Å². The summed E-state index contributed by atoms with van der Waals surface area (Å²) in [6.07, 6.45) is 0. The minimum absolute atomic E-state index is 0.233. The highest BCUT2D eigenvalue weighted by Crippen LogP contribution is 2.55. The highest BCUT2D eigenvalue weighted by molar-refractivity contribution is 7.48. The van der Waals surface area contributed by atoms with Crippen molar-refractivity contribution in [1.29, 1.82) is 0 Å². The second kappa shape index (κ2) is 16.8. The molecule has 0 unspecified atom stereocenters. The van der Waals surface area contributed by atoms with Crippen LogP contribution >= 0.6 is 35.8 Å². The molecule has 0 aliphatic rings. The average molecular weight is 663 g/mol. The summed E-state index contributed by atoms with van der Waals surface area (Å²) < 4.78 is 59.0. The fourth-order valence-electron chi connectivity index (χ4n) is 2.00. The lowest BCUT2D eigenvalue weighted by molar-refractivity contribution is 0.00822. The first kappa shape index (κ1) is 45.3. The van der Waals surface area contributed by atoms with Gasteiger partial charge in [-0.3, -0.25) is 22.6 Å². The molecule has 15 heteroatoms. The molecular weight excluding hydrogens is 605 g/mol. The van der Waals surface area contributed by atoms with E-state index in [0.717, 1.165) is 0 Å². The van der Waals surface area contributed by atoms with Crippen molar-refractivity contribution in [3.05, 3.63) is 0 Å². The molecule has 0 atom stereocenters. The molecule has 0 aromatic heterocycles. The first-order chi connectivity index (χ1) is 17.0. The average Bonchev–Trinajstić information content (AvgIpc) is 2.41. The quantitative estimate of drug-likeness (QED) is 0.190. The molecule has 0 aliphatic heterocycles. The fraction of sp³-hybridized carbons (Fsp3) is 1.00. The van der Waals surface area contributed by atoms with Crippen molar-refractivity contribution in [3.63, 3.8) is 0 Å². The Morgan fingerprint density at radius 2 is 0.800 bits per heavy atom. The normalized spacial score (nSPS) is 14.3. The van der Waals surface area contributed by atoms with Gasteiger partial charge < -0.3 is 18.8 Å². The van der Waals surface area contributed by atoms with E-state index in [1.165, 1.54) is 0 Å². The Kier molecular flexibility index (Phi) is 19.0. The number of hydrogen-bond donors (Lipinski definition) is 2. The van der Waals surface area contributed by atoms with Gasteiger partial charge in [0.2, 0.25) is 0 Å². The number of alkyl halides is 1. The molecule has 0 spiro atoms. The molecule has 0 aliphatic carbocycles. The number of phosphoric acid groups is 2. The summed E-state index contributed by atoms with van der Waals surface area (Å²) >= 11 is 5.39. The largest absolute Gasteiger partial charge is 0.476 e. The first-order valence-corrected chi connectivity index (χ1v) is 17.4. The minimum Gasteiger partial charge on any atom is -0.328 e. The lowest BCUT2D eigenvalue weighted by Crippen LogP contribution is -2.24. The van der Waals surface area contributed by atoms with Crippen molar-refractivity contribution in [1.82, 2.24) is 0 Å². The zero-order valence-electron chi connectivity index (χ0n) is 28.0. The summed E-state index contributed by atoms with van der Waals surface area (Å²) in [5, 5.41) is 0. The summed E-state index contributed by atoms with van der Waals surface area (Å²) in [7, 11) is -9.29. The predicted octanol–water partition coefficient (Wildman–Crippen LogP) is 9.49. The van der Waals surface area contributed by atoms with Gasteiger partial charge in [-0.1, -0.05) is 11.6 Å². The van der Waals surface area contributed by atoms with E-state index in [-0.39, 0.29) is 17.3 Å². The Bertz CT molecular complexity index is 742. The lowest BCUT2D eigenvalue weighted by Gasteiger charge is -2.30. The van der Waals surface area contributed by atoms with Crippen LogP contribution in [0.5, 0.6) is 0 Å². The number of rotatable bonds is 8. The van der Waals surface area contributed by atoms with Gasteiger partial charge in [-0.15, -0.1) is 0 Å². The zero-order valence-corrected chi connectivity index (χ0v) is 31.4. The van der Waals surface area contributed by atoms with Crippen LogP contribution in [0.4, 0.5) is 0 Å². The van der Waals surface area contributed by atoms with Crippen molar-refractivity contribution in [3.8, 4) is 0 Å². The second-order valence-corrected chi connectivity index (χ2v) is 18.5. The van der Waals surface area contributed by atoms with Gasteiger partial charge in [0.1, 0.15) is 6.07 Å². The van der Waals surface area contributed by atoms with Gasteiger partial charge in [-0.05, 0) is 125 Å².